The van der Waals surface area contributed by atoms with Gasteiger partial charge in [0.25, 0.3) is 0 Å². The van der Waals surface area contributed by atoms with Crippen molar-refractivity contribution in [2.75, 3.05) is 7.05 Å². The first-order valence-corrected chi connectivity index (χ1v) is 9.31. The molecule has 0 spiro atoms. The van der Waals surface area contributed by atoms with Crippen LogP contribution in [-0.4, -0.2) is 40.1 Å². The lowest BCUT2D eigenvalue weighted by Crippen LogP contribution is -2.24. The van der Waals surface area contributed by atoms with Crippen molar-refractivity contribution in [3.63, 3.8) is 0 Å². The zero-order chi connectivity index (χ0) is 20.7. The van der Waals surface area contributed by atoms with Crippen LogP contribution in [0.15, 0.2) is 48.5 Å². The van der Waals surface area contributed by atoms with E-state index in [1.807, 2.05) is 24.3 Å². The summed E-state index contributed by atoms with van der Waals surface area (Å²) in [7, 11) is 2.22. The lowest BCUT2D eigenvalue weighted by molar-refractivity contribution is -0.159. The molecule has 2 N–H and O–H groups in total. The van der Waals surface area contributed by atoms with E-state index in [2.05, 4.69) is 43.1 Å². The summed E-state index contributed by atoms with van der Waals surface area (Å²) in [6.07, 6.45) is 2.67. The van der Waals surface area contributed by atoms with Gasteiger partial charge in [0.2, 0.25) is 0 Å². The molecule has 0 amide bonds. The van der Waals surface area contributed by atoms with E-state index in [1.54, 1.807) is 0 Å². The molecule has 1 saturated carbocycles. The van der Waals surface area contributed by atoms with Crippen LogP contribution in [0.25, 0.3) is 0 Å². The number of aliphatic carboxylic acids is 2. The molecule has 0 saturated heterocycles. The number of carbonyl (C=O) groups is 2. The average Bonchev–Trinajstić information content (AvgIpc) is 3.52. The van der Waals surface area contributed by atoms with Gasteiger partial charge in [-0.05, 0) is 62.2 Å². The highest BCUT2D eigenvalue weighted by Gasteiger charge is 2.29. The number of hydrogen-bond donors (Lipinski definition) is 2. The number of rotatable bonds is 6. The van der Waals surface area contributed by atoms with E-state index in [0.29, 0.717) is 12.6 Å². The Morgan fingerprint density at radius 2 is 1.61 bits per heavy atom. The van der Waals surface area contributed by atoms with E-state index in [1.165, 1.54) is 18.4 Å². The maximum absolute atomic E-state index is 9.10. The van der Waals surface area contributed by atoms with Gasteiger partial charge in [0.1, 0.15) is 12.4 Å². The second-order valence-electron chi connectivity index (χ2n) is 6.67. The highest BCUT2D eigenvalue weighted by atomic mass is 35.5. The summed E-state index contributed by atoms with van der Waals surface area (Å²) in [4.78, 5) is 20.7. The van der Waals surface area contributed by atoms with Crippen LogP contribution < -0.4 is 4.74 Å². The van der Waals surface area contributed by atoms with Gasteiger partial charge in [-0.1, -0.05) is 35.9 Å². The monoisotopic (exact) mass is 405 g/mol. The Labute approximate surface area is 169 Å². The van der Waals surface area contributed by atoms with Gasteiger partial charge in [-0.3, -0.25) is 4.90 Å². The summed E-state index contributed by atoms with van der Waals surface area (Å²) in [6.45, 7) is 2.83. The molecule has 0 aromatic heterocycles. The molecule has 2 aromatic rings. The number of halogens is 1. The van der Waals surface area contributed by atoms with Crippen molar-refractivity contribution >= 4 is 23.5 Å². The molecule has 1 fully saturated rings. The van der Waals surface area contributed by atoms with Crippen LogP contribution in [0.5, 0.6) is 5.75 Å². The number of benzene rings is 2. The quantitative estimate of drug-likeness (QED) is 0.699. The zero-order valence-corrected chi connectivity index (χ0v) is 16.6. The number of ether oxygens (including phenoxy) is 1. The molecule has 150 valence electrons. The van der Waals surface area contributed by atoms with Gasteiger partial charge in [0.05, 0.1) is 0 Å². The van der Waals surface area contributed by atoms with Crippen LogP contribution >= 0.6 is 11.6 Å². The maximum atomic E-state index is 9.10. The first-order chi connectivity index (χ1) is 13.3. The van der Waals surface area contributed by atoms with Crippen LogP contribution in [0, 0.1) is 0 Å². The Hall–Kier alpha value is -2.57. The lowest BCUT2D eigenvalue weighted by Gasteiger charge is -2.25. The molecule has 2 aromatic carbocycles. The van der Waals surface area contributed by atoms with E-state index >= 15 is 0 Å². The zero-order valence-electron chi connectivity index (χ0n) is 15.8. The van der Waals surface area contributed by atoms with Crippen molar-refractivity contribution in [1.29, 1.82) is 0 Å². The van der Waals surface area contributed by atoms with Gasteiger partial charge in [-0.15, -0.1) is 0 Å². The smallest absolute Gasteiger partial charge is 0.414 e. The Morgan fingerprint density at radius 3 is 2.07 bits per heavy atom. The van der Waals surface area contributed by atoms with E-state index in [-0.39, 0.29) is 0 Å². The summed E-state index contributed by atoms with van der Waals surface area (Å²) < 4.78 is 5.83. The molecule has 1 aliphatic carbocycles. The third kappa shape index (κ3) is 6.87. The lowest BCUT2D eigenvalue weighted by atomic mass is 10.1. The molecular weight excluding hydrogens is 382 g/mol. The van der Waals surface area contributed by atoms with Crippen molar-refractivity contribution < 1.29 is 24.5 Å². The second-order valence-corrected chi connectivity index (χ2v) is 7.10. The van der Waals surface area contributed by atoms with Crippen LogP contribution in [0.2, 0.25) is 5.02 Å². The van der Waals surface area contributed by atoms with Gasteiger partial charge in [-0.2, -0.15) is 0 Å². The Bertz CT molecular complexity index is 775. The molecule has 0 aliphatic heterocycles. The average molecular weight is 406 g/mol. The van der Waals surface area contributed by atoms with E-state index < -0.39 is 11.9 Å². The van der Waals surface area contributed by atoms with Gasteiger partial charge < -0.3 is 14.9 Å². The summed E-state index contributed by atoms with van der Waals surface area (Å²) in [5, 5.41) is 15.5. The number of carboxylic acids is 2. The standard InChI is InChI=1S/C19H22ClNO.C2H2O4/c1-14(21(2)18-9-10-18)16-5-11-19(12-6-16)22-13-15-3-7-17(20)8-4-15;3-1(4)2(5)6/h3-8,11-12,14,18H,9-10,13H2,1-2H3;(H,3,4)(H,5,6). The summed E-state index contributed by atoms with van der Waals surface area (Å²) in [5.41, 5.74) is 2.46. The van der Waals surface area contributed by atoms with Crippen molar-refractivity contribution in [2.45, 2.75) is 38.5 Å². The molecule has 1 aliphatic rings. The first kappa shape index (κ1) is 21.7. The summed E-state index contributed by atoms with van der Waals surface area (Å²) in [5.74, 6) is -2.75. The molecule has 3 rings (SSSR count). The largest absolute Gasteiger partial charge is 0.489 e. The molecule has 7 heteroatoms. The number of carboxylic acid groups (broad SMARTS) is 2. The highest BCUT2D eigenvalue weighted by Crippen LogP contribution is 2.33. The maximum Gasteiger partial charge on any atom is 0.414 e. The molecule has 0 bridgehead atoms. The van der Waals surface area contributed by atoms with Gasteiger partial charge in [-0.25, -0.2) is 9.59 Å². The van der Waals surface area contributed by atoms with Crippen molar-refractivity contribution in [3.8, 4) is 5.75 Å². The van der Waals surface area contributed by atoms with Crippen molar-refractivity contribution in [3.05, 3.63) is 64.7 Å². The second kappa shape index (κ2) is 10.1. The minimum absolute atomic E-state index is 0.456. The Morgan fingerprint density at radius 1 is 1.07 bits per heavy atom. The van der Waals surface area contributed by atoms with Gasteiger partial charge in [0.15, 0.2) is 0 Å². The predicted molar refractivity (Wildman–Crippen MR) is 107 cm³/mol. The van der Waals surface area contributed by atoms with Crippen LogP contribution in [0.1, 0.15) is 36.9 Å². The van der Waals surface area contributed by atoms with Crippen molar-refractivity contribution in [2.24, 2.45) is 0 Å². The highest BCUT2D eigenvalue weighted by molar-refractivity contribution is 6.30. The summed E-state index contributed by atoms with van der Waals surface area (Å²) in [6, 6.07) is 17.4. The number of nitrogens with zero attached hydrogens (tertiary/aromatic N) is 1. The van der Waals surface area contributed by atoms with Gasteiger partial charge in [0, 0.05) is 17.1 Å². The fraction of sp³-hybridized carbons (Fsp3) is 0.333. The first-order valence-electron chi connectivity index (χ1n) is 8.93. The summed E-state index contributed by atoms with van der Waals surface area (Å²) >= 11 is 5.88. The van der Waals surface area contributed by atoms with E-state index in [0.717, 1.165) is 22.4 Å². The molecular formula is C21H24ClNO5. The number of hydrogen-bond acceptors (Lipinski definition) is 4. The normalized spacial score (nSPS) is 14.0. The molecule has 28 heavy (non-hydrogen) atoms. The SMILES string of the molecule is CC(c1ccc(OCc2ccc(Cl)cc2)cc1)N(C)C1CC1.O=C(O)C(=O)O. The van der Waals surface area contributed by atoms with Crippen molar-refractivity contribution in [1.82, 2.24) is 4.90 Å². The minimum Gasteiger partial charge on any atom is -0.489 e. The molecule has 6 nitrogen and oxygen atoms in total. The predicted octanol–water partition coefficient (Wildman–Crippen LogP) is 4.23. The van der Waals surface area contributed by atoms with E-state index in [9.17, 15) is 0 Å². The van der Waals surface area contributed by atoms with Crippen LogP contribution in [-0.2, 0) is 16.2 Å². The fourth-order valence-corrected chi connectivity index (χ4v) is 2.75. The Kier molecular flexibility index (Phi) is 7.84. The molecule has 0 heterocycles. The van der Waals surface area contributed by atoms with Crippen LogP contribution in [0.4, 0.5) is 0 Å². The Balaban J connectivity index is 0.000000409. The molecule has 1 atom stereocenters. The third-order valence-electron chi connectivity index (χ3n) is 4.60. The van der Waals surface area contributed by atoms with Crippen LogP contribution in [0.3, 0.4) is 0 Å². The van der Waals surface area contributed by atoms with Gasteiger partial charge >= 0.3 is 11.9 Å². The third-order valence-corrected chi connectivity index (χ3v) is 4.85. The fourth-order valence-electron chi connectivity index (χ4n) is 2.62. The topological polar surface area (TPSA) is 87.1 Å². The van der Waals surface area contributed by atoms with E-state index in [4.69, 9.17) is 36.1 Å². The molecule has 0 radical (unpaired) electrons. The minimum atomic E-state index is -1.82. The molecule has 1 unspecified atom stereocenters.